The number of ether oxygens (including phenoxy) is 2. The van der Waals surface area contributed by atoms with Crippen LogP contribution < -0.4 is 14.8 Å². The van der Waals surface area contributed by atoms with E-state index in [0.29, 0.717) is 46.0 Å². The van der Waals surface area contributed by atoms with Gasteiger partial charge < -0.3 is 19.7 Å². The molecule has 0 aliphatic carbocycles. The summed E-state index contributed by atoms with van der Waals surface area (Å²) in [7, 11) is 3.19. The lowest BCUT2D eigenvalue weighted by molar-refractivity contribution is 0.0762. The van der Waals surface area contributed by atoms with Crippen molar-refractivity contribution in [3.63, 3.8) is 0 Å². The minimum Gasteiger partial charge on any atom is -0.497 e. The Morgan fingerprint density at radius 3 is 2.62 bits per heavy atom. The summed E-state index contributed by atoms with van der Waals surface area (Å²) < 4.78 is 10.7. The van der Waals surface area contributed by atoms with Crippen molar-refractivity contribution in [2.24, 2.45) is 0 Å². The zero-order chi connectivity index (χ0) is 22.8. The summed E-state index contributed by atoms with van der Waals surface area (Å²) in [6.45, 7) is 1.01. The standard InChI is InChI=1S/C22H19Cl3N4O3/c1-31-14-7-6-12(17(8-14)32-2)9-26-20-15-11-29(21(30)19(15)27-22(25)28-20)10-13-4-3-5-16(23)18(13)24/h3-8H,9-11H2,1-2H3,(H,26,27,28). The van der Waals surface area contributed by atoms with Gasteiger partial charge in [-0.3, -0.25) is 4.79 Å². The van der Waals surface area contributed by atoms with Crippen molar-refractivity contribution in [1.82, 2.24) is 14.9 Å². The molecule has 1 N–H and O–H groups in total. The van der Waals surface area contributed by atoms with E-state index < -0.39 is 0 Å². The zero-order valence-corrected chi connectivity index (χ0v) is 19.6. The smallest absolute Gasteiger partial charge is 0.273 e. The third-order valence-electron chi connectivity index (χ3n) is 5.15. The fourth-order valence-electron chi connectivity index (χ4n) is 3.52. The Kier molecular flexibility index (Phi) is 6.60. The molecule has 1 aliphatic rings. The van der Waals surface area contributed by atoms with Gasteiger partial charge in [0.05, 0.1) is 30.8 Å². The first kappa shape index (κ1) is 22.5. The highest BCUT2D eigenvalue weighted by molar-refractivity contribution is 6.42. The lowest BCUT2D eigenvalue weighted by Crippen LogP contribution is -2.23. The van der Waals surface area contributed by atoms with Crippen LogP contribution in [0, 0.1) is 0 Å². The van der Waals surface area contributed by atoms with Crippen molar-refractivity contribution in [1.29, 1.82) is 0 Å². The predicted molar refractivity (Wildman–Crippen MR) is 124 cm³/mol. The van der Waals surface area contributed by atoms with E-state index in [9.17, 15) is 4.79 Å². The van der Waals surface area contributed by atoms with Gasteiger partial charge in [-0.05, 0) is 35.4 Å². The van der Waals surface area contributed by atoms with E-state index in [0.717, 1.165) is 11.1 Å². The Bertz CT molecular complexity index is 1190. The number of rotatable bonds is 7. The van der Waals surface area contributed by atoms with E-state index in [1.54, 1.807) is 37.3 Å². The quantitative estimate of drug-likeness (QED) is 0.455. The van der Waals surface area contributed by atoms with E-state index in [1.807, 2.05) is 18.2 Å². The van der Waals surface area contributed by atoms with Crippen molar-refractivity contribution < 1.29 is 14.3 Å². The number of methoxy groups -OCH3 is 2. The summed E-state index contributed by atoms with van der Waals surface area (Å²) in [4.78, 5) is 23.1. The molecule has 0 unspecified atom stereocenters. The van der Waals surface area contributed by atoms with Gasteiger partial charge >= 0.3 is 0 Å². The minimum absolute atomic E-state index is 0.0102. The number of benzene rings is 2. The molecule has 32 heavy (non-hydrogen) atoms. The van der Waals surface area contributed by atoms with Crippen LogP contribution in [0.3, 0.4) is 0 Å². The number of nitrogens with zero attached hydrogens (tertiary/aromatic N) is 3. The third kappa shape index (κ3) is 4.41. The maximum Gasteiger partial charge on any atom is 0.273 e. The Morgan fingerprint density at radius 2 is 1.88 bits per heavy atom. The molecular weight excluding hydrogens is 475 g/mol. The van der Waals surface area contributed by atoms with Crippen LogP contribution in [0.25, 0.3) is 0 Å². The summed E-state index contributed by atoms with van der Waals surface area (Å²) in [6.07, 6.45) is 0. The Balaban J connectivity index is 1.57. The van der Waals surface area contributed by atoms with Gasteiger partial charge in [0.15, 0.2) is 0 Å². The Morgan fingerprint density at radius 1 is 1.06 bits per heavy atom. The predicted octanol–water partition coefficient (Wildman–Crippen LogP) is 5.22. The van der Waals surface area contributed by atoms with Crippen molar-refractivity contribution in [2.75, 3.05) is 19.5 Å². The molecule has 0 saturated heterocycles. The molecule has 1 aliphatic heterocycles. The number of anilines is 1. The van der Waals surface area contributed by atoms with Crippen molar-refractivity contribution in [3.8, 4) is 11.5 Å². The first-order valence-corrected chi connectivity index (χ1v) is 10.8. The Hall–Kier alpha value is -2.74. The highest BCUT2D eigenvalue weighted by Crippen LogP contribution is 2.33. The van der Waals surface area contributed by atoms with Crippen LogP contribution in [0.2, 0.25) is 15.3 Å². The average molecular weight is 494 g/mol. The molecule has 3 aromatic rings. The SMILES string of the molecule is COc1ccc(CNc2nc(Cl)nc3c2CN(Cc2cccc(Cl)c2Cl)C3=O)c(OC)c1. The van der Waals surface area contributed by atoms with Gasteiger partial charge in [0.1, 0.15) is 23.0 Å². The molecule has 10 heteroatoms. The molecule has 0 saturated carbocycles. The van der Waals surface area contributed by atoms with Gasteiger partial charge in [0.2, 0.25) is 5.28 Å². The number of nitrogens with one attached hydrogen (secondary N) is 1. The summed E-state index contributed by atoms with van der Waals surface area (Å²) in [5.41, 5.74) is 2.58. The molecule has 7 nitrogen and oxygen atoms in total. The molecule has 0 spiro atoms. The van der Waals surface area contributed by atoms with Gasteiger partial charge in [-0.1, -0.05) is 35.3 Å². The number of hydrogen-bond acceptors (Lipinski definition) is 6. The average Bonchev–Trinajstić information content (AvgIpc) is 3.10. The van der Waals surface area contributed by atoms with Crippen LogP contribution in [0.1, 0.15) is 27.2 Å². The molecular formula is C22H19Cl3N4O3. The first-order valence-electron chi connectivity index (χ1n) is 9.64. The first-order chi connectivity index (χ1) is 15.4. The van der Waals surface area contributed by atoms with Gasteiger partial charge in [-0.15, -0.1) is 0 Å². The van der Waals surface area contributed by atoms with Gasteiger partial charge in [-0.25, -0.2) is 9.97 Å². The molecule has 2 aromatic carbocycles. The highest BCUT2D eigenvalue weighted by atomic mass is 35.5. The topological polar surface area (TPSA) is 76.6 Å². The molecule has 0 radical (unpaired) electrons. The molecule has 0 atom stereocenters. The number of carbonyl (C=O) groups excluding carboxylic acids is 1. The van der Waals surface area contributed by atoms with Crippen LogP contribution >= 0.6 is 34.8 Å². The van der Waals surface area contributed by atoms with Crippen molar-refractivity contribution in [2.45, 2.75) is 19.6 Å². The molecule has 4 rings (SSSR count). The lowest BCUT2D eigenvalue weighted by atomic mass is 10.1. The number of halogens is 3. The van der Waals surface area contributed by atoms with Crippen LogP contribution in [0.5, 0.6) is 11.5 Å². The largest absolute Gasteiger partial charge is 0.497 e. The second-order valence-corrected chi connectivity index (χ2v) is 8.20. The van der Waals surface area contributed by atoms with Crippen LogP contribution in [0.15, 0.2) is 36.4 Å². The van der Waals surface area contributed by atoms with E-state index in [1.165, 1.54) is 0 Å². The number of aromatic nitrogens is 2. The van der Waals surface area contributed by atoms with E-state index in [-0.39, 0.29) is 23.4 Å². The van der Waals surface area contributed by atoms with Crippen molar-refractivity contribution in [3.05, 3.63) is 74.1 Å². The summed E-state index contributed by atoms with van der Waals surface area (Å²) >= 11 is 18.5. The van der Waals surface area contributed by atoms with Crippen LogP contribution in [-0.4, -0.2) is 35.0 Å². The Labute approximate surface area is 200 Å². The second-order valence-electron chi connectivity index (χ2n) is 7.07. The van der Waals surface area contributed by atoms with Crippen molar-refractivity contribution >= 4 is 46.5 Å². The normalized spacial score (nSPS) is 12.7. The van der Waals surface area contributed by atoms with E-state index >= 15 is 0 Å². The number of fused-ring (bicyclic) bond motifs is 1. The zero-order valence-electron chi connectivity index (χ0n) is 17.3. The fraction of sp³-hybridized carbons (Fsp3) is 0.227. The van der Waals surface area contributed by atoms with Gasteiger partial charge in [0.25, 0.3) is 5.91 Å². The monoisotopic (exact) mass is 492 g/mol. The summed E-state index contributed by atoms with van der Waals surface area (Å²) in [5, 5.41) is 4.11. The lowest BCUT2D eigenvalue weighted by Gasteiger charge is -2.17. The van der Waals surface area contributed by atoms with E-state index in [4.69, 9.17) is 44.3 Å². The van der Waals surface area contributed by atoms with Crippen LogP contribution in [0.4, 0.5) is 5.82 Å². The highest BCUT2D eigenvalue weighted by Gasteiger charge is 2.33. The van der Waals surface area contributed by atoms with Crippen LogP contribution in [-0.2, 0) is 19.6 Å². The number of hydrogen-bond donors (Lipinski definition) is 1. The third-order valence-corrected chi connectivity index (χ3v) is 6.18. The summed E-state index contributed by atoms with van der Waals surface area (Å²) in [5.74, 6) is 1.61. The molecule has 0 bridgehead atoms. The maximum absolute atomic E-state index is 13.0. The number of amides is 1. The minimum atomic E-state index is -0.245. The fourth-order valence-corrected chi connectivity index (χ4v) is 4.07. The van der Waals surface area contributed by atoms with Gasteiger partial charge in [-0.2, -0.15) is 0 Å². The van der Waals surface area contributed by atoms with E-state index in [2.05, 4.69) is 15.3 Å². The molecule has 1 aromatic heterocycles. The maximum atomic E-state index is 13.0. The second kappa shape index (κ2) is 9.40. The molecule has 166 valence electrons. The van der Waals surface area contributed by atoms with Gasteiger partial charge in [0, 0.05) is 30.3 Å². The molecule has 1 amide bonds. The summed E-state index contributed by atoms with van der Waals surface area (Å²) in [6, 6.07) is 10.9. The molecule has 2 heterocycles. The number of carbonyl (C=O) groups is 1. The molecule has 0 fully saturated rings.